The van der Waals surface area contributed by atoms with Crippen molar-refractivity contribution >= 4 is 5.97 Å². The first-order chi connectivity index (χ1) is 7.99. The van der Waals surface area contributed by atoms with Crippen LogP contribution in [0.3, 0.4) is 0 Å². The molecular formula is C10H7F2NO4. The van der Waals surface area contributed by atoms with Gasteiger partial charge in [0.2, 0.25) is 0 Å². The fourth-order valence-corrected chi connectivity index (χ4v) is 1.18. The number of phenols is 1. The molecule has 0 fully saturated rings. The molecule has 0 unspecified atom stereocenters. The maximum Gasteiger partial charge on any atom is 0.387 e. The lowest BCUT2D eigenvalue weighted by Crippen LogP contribution is -2.09. The van der Waals surface area contributed by atoms with Crippen LogP contribution in [0.25, 0.3) is 0 Å². The SMILES string of the molecule is COC(=O)c1cc(O)cc(OC(F)F)c1C#N. The fraction of sp³-hybridized carbons (Fsp3) is 0.200. The van der Waals surface area contributed by atoms with Crippen LogP contribution in [0.4, 0.5) is 8.78 Å². The quantitative estimate of drug-likeness (QED) is 0.816. The lowest BCUT2D eigenvalue weighted by molar-refractivity contribution is -0.0501. The van der Waals surface area contributed by atoms with E-state index in [4.69, 9.17) is 5.26 Å². The number of esters is 1. The second-order valence-electron chi connectivity index (χ2n) is 2.85. The van der Waals surface area contributed by atoms with Crippen molar-refractivity contribution < 1.29 is 28.2 Å². The lowest BCUT2D eigenvalue weighted by Gasteiger charge is -2.09. The summed E-state index contributed by atoms with van der Waals surface area (Å²) in [5, 5.41) is 18.0. The largest absolute Gasteiger partial charge is 0.508 e. The molecule has 0 amide bonds. The van der Waals surface area contributed by atoms with E-state index in [-0.39, 0.29) is 5.56 Å². The number of ether oxygens (including phenoxy) is 2. The van der Waals surface area contributed by atoms with Crippen LogP contribution in [0.1, 0.15) is 15.9 Å². The van der Waals surface area contributed by atoms with E-state index in [1.807, 2.05) is 0 Å². The van der Waals surface area contributed by atoms with E-state index in [2.05, 4.69) is 9.47 Å². The summed E-state index contributed by atoms with van der Waals surface area (Å²) < 4.78 is 32.5. The predicted molar refractivity (Wildman–Crippen MR) is 50.8 cm³/mol. The second-order valence-corrected chi connectivity index (χ2v) is 2.85. The average molecular weight is 243 g/mol. The number of methoxy groups -OCH3 is 1. The van der Waals surface area contributed by atoms with Crippen LogP contribution < -0.4 is 4.74 Å². The fourth-order valence-electron chi connectivity index (χ4n) is 1.18. The molecule has 0 bridgehead atoms. The van der Waals surface area contributed by atoms with Gasteiger partial charge in [-0.2, -0.15) is 14.0 Å². The Kier molecular flexibility index (Phi) is 3.82. The minimum atomic E-state index is -3.17. The van der Waals surface area contributed by atoms with Gasteiger partial charge in [-0.3, -0.25) is 0 Å². The molecule has 1 aromatic carbocycles. The number of hydrogen-bond donors (Lipinski definition) is 1. The van der Waals surface area contributed by atoms with E-state index in [0.717, 1.165) is 19.2 Å². The van der Waals surface area contributed by atoms with Crippen LogP contribution in [0.2, 0.25) is 0 Å². The molecule has 0 radical (unpaired) electrons. The summed E-state index contributed by atoms with van der Waals surface area (Å²) in [5.41, 5.74) is -0.763. The molecule has 0 aromatic heterocycles. The Morgan fingerprint density at radius 1 is 1.53 bits per heavy atom. The van der Waals surface area contributed by atoms with E-state index in [1.165, 1.54) is 0 Å². The summed E-state index contributed by atoms with van der Waals surface area (Å²) in [4.78, 5) is 11.3. The van der Waals surface area contributed by atoms with Crippen LogP contribution in [-0.2, 0) is 4.74 Å². The molecule has 1 rings (SSSR count). The van der Waals surface area contributed by atoms with Crippen molar-refractivity contribution in [1.82, 2.24) is 0 Å². The Morgan fingerprint density at radius 3 is 2.65 bits per heavy atom. The summed E-state index contributed by atoms with van der Waals surface area (Å²) in [6, 6.07) is 3.29. The average Bonchev–Trinajstić information content (AvgIpc) is 2.26. The van der Waals surface area contributed by atoms with E-state index in [1.54, 1.807) is 6.07 Å². The van der Waals surface area contributed by atoms with Crippen LogP contribution in [0.15, 0.2) is 12.1 Å². The molecule has 0 saturated carbocycles. The topological polar surface area (TPSA) is 79.6 Å². The highest BCUT2D eigenvalue weighted by Gasteiger charge is 2.20. The molecule has 0 aliphatic rings. The minimum absolute atomic E-state index is 0.342. The molecular weight excluding hydrogens is 236 g/mol. The third-order valence-corrected chi connectivity index (χ3v) is 1.82. The van der Waals surface area contributed by atoms with Crippen LogP contribution in [0, 0.1) is 11.3 Å². The summed E-state index contributed by atoms with van der Waals surface area (Å²) in [6.07, 6.45) is 0. The normalized spacial score (nSPS) is 9.82. The van der Waals surface area contributed by atoms with Crippen LogP contribution >= 0.6 is 0 Å². The molecule has 0 heterocycles. The number of rotatable bonds is 3. The summed E-state index contributed by atoms with van der Waals surface area (Å²) in [5.74, 6) is -2.00. The van der Waals surface area contributed by atoms with Gasteiger partial charge in [0.1, 0.15) is 23.1 Å². The Hall–Kier alpha value is -2.36. The highest BCUT2D eigenvalue weighted by molar-refractivity contribution is 5.93. The number of phenolic OH excluding ortho intramolecular Hbond substituents is 1. The number of alkyl halides is 2. The van der Waals surface area contributed by atoms with E-state index in [0.29, 0.717) is 0 Å². The number of nitriles is 1. The summed E-state index contributed by atoms with van der Waals surface area (Å²) in [7, 11) is 1.06. The van der Waals surface area contributed by atoms with Crippen molar-refractivity contribution in [2.75, 3.05) is 7.11 Å². The molecule has 7 heteroatoms. The summed E-state index contributed by atoms with van der Waals surface area (Å²) in [6.45, 7) is -3.17. The van der Waals surface area contributed by atoms with Crippen molar-refractivity contribution in [3.63, 3.8) is 0 Å². The Labute approximate surface area is 94.8 Å². The van der Waals surface area contributed by atoms with Gasteiger partial charge in [-0.05, 0) is 6.07 Å². The molecule has 0 spiro atoms. The van der Waals surface area contributed by atoms with Crippen LogP contribution in [-0.4, -0.2) is 24.8 Å². The third-order valence-electron chi connectivity index (χ3n) is 1.82. The van der Waals surface area contributed by atoms with Gasteiger partial charge >= 0.3 is 12.6 Å². The van der Waals surface area contributed by atoms with Gasteiger partial charge in [0, 0.05) is 6.07 Å². The first-order valence-corrected chi connectivity index (χ1v) is 4.29. The molecule has 1 N–H and O–H groups in total. The predicted octanol–water partition coefficient (Wildman–Crippen LogP) is 1.65. The zero-order chi connectivity index (χ0) is 13.0. The number of benzene rings is 1. The standard InChI is InChI=1S/C10H7F2NO4/c1-16-9(15)6-2-5(14)3-8(7(6)4-13)17-10(11)12/h2-3,10,14H,1H3. The lowest BCUT2D eigenvalue weighted by atomic mass is 10.1. The van der Waals surface area contributed by atoms with Gasteiger partial charge in [0.25, 0.3) is 0 Å². The van der Waals surface area contributed by atoms with E-state index in [9.17, 15) is 18.7 Å². The van der Waals surface area contributed by atoms with Crippen molar-refractivity contribution in [2.24, 2.45) is 0 Å². The summed E-state index contributed by atoms with van der Waals surface area (Å²) >= 11 is 0. The molecule has 5 nitrogen and oxygen atoms in total. The Balaban J connectivity index is 3.36. The monoisotopic (exact) mass is 243 g/mol. The maximum absolute atomic E-state index is 12.1. The van der Waals surface area contributed by atoms with Gasteiger partial charge in [0.05, 0.1) is 12.7 Å². The highest BCUT2D eigenvalue weighted by Crippen LogP contribution is 2.29. The second kappa shape index (κ2) is 5.12. The van der Waals surface area contributed by atoms with Gasteiger partial charge in [-0.15, -0.1) is 0 Å². The molecule has 17 heavy (non-hydrogen) atoms. The molecule has 0 atom stereocenters. The van der Waals surface area contributed by atoms with Gasteiger partial charge in [0.15, 0.2) is 0 Å². The Bertz CT molecular complexity index is 482. The third kappa shape index (κ3) is 2.81. The zero-order valence-electron chi connectivity index (χ0n) is 8.61. The molecule has 0 saturated heterocycles. The molecule has 1 aromatic rings. The van der Waals surface area contributed by atoms with Crippen molar-refractivity contribution in [3.8, 4) is 17.6 Å². The maximum atomic E-state index is 12.1. The van der Waals surface area contributed by atoms with Crippen molar-refractivity contribution in [2.45, 2.75) is 6.61 Å². The molecule has 0 aliphatic carbocycles. The van der Waals surface area contributed by atoms with Crippen LogP contribution in [0.5, 0.6) is 11.5 Å². The smallest absolute Gasteiger partial charge is 0.387 e. The number of aromatic hydroxyl groups is 1. The first-order valence-electron chi connectivity index (χ1n) is 4.29. The van der Waals surface area contributed by atoms with E-state index < -0.39 is 29.6 Å². The molecule has 90 valence electrons. The highest BCUT2D eigenvalue weighted by atomic mass is 19.3. The first kappa shape index (κ1) is 12.7. The van der Waals surface area contributed by atoms with Crippen molar-refractivity contribution in [3.05, 3.63) is 23.3 Å². The number of carbonyl (C=O) groups is 1. The van der Waals surface area contributed by atoms with E-state index >= 15 is 0 Å². The van der Waals surface area contributed by atoms with Gasteiger partial charge in [-0.1, -0.05) is 0 Å². The number of carbonyl (C=O) groups excluding carboxylic acids is 1. The molecule has 0 aliphatic heterocycles. The van der Waals surface area contributed by atoms with Crippen molar-refractivity contribution in [1.29, 1.82) is 5.26 Å². The Morgan fingerprint density at radius 2 is 2.18 bits per heavy atom. The zero-order valence-corrected chi connectivity index (χ0v) is 8.61. The number of hydrogen-bond acceptors (Lipinski definition) is 5. The minimum Gasteiger partial charge on any atom is -0.508 e. The number of nitrogens with zero attached hydrogens (tertiary/aromatic N) is 1. The number of halogens is 2. The van der Waals surface area contributed by atoms with Gasteiger partial charge in [-0.25, -0.2) is 4.79 Å². The van der Waals surface area contributed by atoms with Gasteiger partial charge < -0.3 is 14.6 Å².